The molecule has 0 aromatic rings. The Morgan fingerprint density at radius 2 is 1.19 bits per heavy atom. The van der Waals surface area contributed by atoms with E-state index in [0.29, 0.717) is 0 Å². The monoisotopic (exact) mass is 1080 g/mol. The molecule has 0 bridgehead atoms. The van der Waals surface area contributed by atoms with E-state index in [1.165, 1.54) is 11.5 Å². The van der Waals surface area contributed by atoms with E-state index in [4.69, 9.17) is 0 Å². The second kappa shape index (κ2) is 19.9. The van der Waals surface area contributed by atoms with Crippen LogP contribution in [-0.2, 0) is 42.1 Å². The van der Waals surface area contributed by atoms with Crippen LogP contribution in [0.2, 0.25) is 0 Å². The molecule has 0 atom stereocenters. The Morgan fingerprint density at radius 3 is 1.38 bits per heavy atom. The summed E-state index contributed by atoms with van der Waals surface area (Å²) in [7, 11) is 0. The maximum absolute atomic E-state index is 3.79. The summed E-state index contributed by atoms with van der Waals surface area (Å²) in [5, 5.41) is 3.16. The van der Waals surface area contributed by atoms with E-state index in [2.05, 4.69) is 12.5 Å². The van der Waals surface area contributed by atoms with Crippen LogP contribution in [0.1, 0.15) is 0 Å². The molecule has 1 saturated heterocycles. The van der Waals surface area contributed by atoms with Crippen molar-refractivity contribution in [2.45, 2.75) is 0 Å². The standard InChI is InChI=1S/C8H12S4.2U.2W/c1-9-3-7-5-12-8(4-10-2)6-11-7;;;;/h1-6H2;;;;/q-4;;;;. The zero-order valence-corrected chi connectivity index (χ0v) is 26.2. The number of thioether (sulfide) groups is 4. The Labute approximate surface area is 193 Å². The van der Waals surface area contributed by atoms with E-state index in [-0.39, 0.29) is 104 Å². The molecule has 0 aliphatic carbocycles. The van der Waals surface area contributed by atoms with Crippen LogP contribution in [0.15, 0.2) is 0 Å². The third-order valence-electron chi connectivity index (χ3n) is 1.40. The van der Waals surface area contributed by atoms with Gasteiger partial charge in [-0.3, -0.25) is 12.5 Å². The molecule has 1 aliphatic rings. The van der Waals surface area contributed by atoms with E-state index in [1.54, 1.807) is 34.0 Å². The van der Waals surface area contributed by atoms with E-state index in [0.717, 1.165) is 11.5 Å². The third kappa shape index (κ3) is 13.8. The zero-order valence-electron chi connectivity index (χ0n) is 8.69. The van der Waals surface area contributed by atoms with Gasteiger partial charge in [0.05, 0.1) is 0 Å². The summed E-state index contributed by atoms with van der Waals surface area (Å²) in [6.45, 7) is 0. The Balaban J connectivity index is -0.000000180. The molecule has 1 heterocycles. The summed E-state index contributed by atoms with van der Waals surface area (Å²) in [5.74, 6) is 4.59. The topological polar surface area (TPSA) is 0 Å². The van der Waals surface area contributed by atoms with Crippen molar-refractivity contribution in [2.24, 2.45) is 0 Å². The summed E-state index contributed by atoms with van der Waals surface area (Å²) in [6, 6.07) is 0. The predicted molar refractivity (Wildman–Crippen MR) is 67.0 cm³/mol. The molecule has 1 fully saturated rings. The molecule has 8 heteroatoms. The van der Waals surface area contributed by atoms with Gasteiger partial charge < -0.3 is 47.0 Å². The number of rotatable bonds is 4. The predicted octanol–water partition coefficient (Wildman–Crippen LogP) is 3.57. The molecule has 1 rings (SSSR count). The van der Waals surface area contributed by atoms with Gasteiger partial charge in [0.1, 0.15) is 0 Å². The quantitative estimate of drug-likeness (QED) is 0.396. The fourth-order valence-corrected chi connectivity index (χ4v) is 4.88. The Bertz CT molecular complexity index is 113. The second-order valence-corrected chi connectivity index (χ2v) is 6.05. The molecule has 0 unspecified atom stereocenters. The fourth-order valence-electron chi connectivity index (χ4n) is 0.843. The Morgan fingerprint density at radius 1 is 0.875 bits per heavy atom. The average Bonchev–Trinajstić information content (AvgIpc) is 2.09. The van der Waals surface area contributed by atoms with E-state index < -0.39 is 0 Å². The smallest absolute Gasteiger partial charge is 0 e. The number of hydrogen-bond donors (Lipinski definition) is 0. The van der Waals surface area contributed by atoms with E-state index >= 15 is 0 Å². The van der Waals surface area contributed by atoms with Gasteiger partial charge >= 0.3 is 0 Å². The molecule has 0 spiro atoms. The minimum Gasteiger partial charge on any atom is -0.385 e. The average molecular weight is 1080 g/mol. The second-order valence-electron chi connectivity index (χ2n) is 2.35. The van der Waals surface area contributed by atoms with Crippen molar-refractivity contribution in [3.05, 3.63) is 23.0 Å². The summed E-state index contributed by atoms with van der Waals surface area (Å²) in [6.07, 6.45) is 7.57. The minimum atomic E-state index is 0. The summed E-state index contributed by atoms with van der Waals surface area (Å²) in [4.78, 5) is 0. The van der Waals surface area contributed by atoms with Gasteiger partial charge in [0, 0.05) is 104 Å². The van der Waals surface area contributed by atoms with Crippen molar-refractivity contribution in [1.82, 2.24) is 0 Å². The summed E-state index contributed by atoms with van der Waals surface area (Å²) in [5.41, 5.74) is 0. The first-order valence-corrected chi connectivity index (χ1v) is 7.84. The van der Waals surface area contributed by atoms with Crippen LogP contribution in [-0.4, -0.2) is 23.0 Å². The van der Waals surface area contributed by atoms with Crippen LogP contribution in [0.4, 0.5) is 0 Å². The molecule has 0 amide bonds. The van der Waals surface area contributed by atoms with Crippen LogP contribution in [0.5, 0.6) is 0 Å². The molecule has 0 N–H and O–H groups in total. The van der Waals surface area contributed by atoms with Crippen LogP contribution >= 0.6 is 47.0 Å². The van der Waals surface area contributed by atoms with Gasteiger partial charge in [0.25, 0.3) is 0 Å². The zero-order chi connectivity index (χ0) is 8.81. The minimum absolute atomic E-state index is 0. The van der Waals surface area contributed by atoms with Crippen molar-refractivity contribution in [3.63, 3.8) is 0 Å². The van der Waals surface area contributed by atoms with Gasteiger partial charge in [-0.25, -0.2) is 10.5 Å². The first-order valence-electron chi connectivity index (χ1n) is 3.55. The van der Waals surface area contributed by atoms with E-state index in [1.807, 2.05) is 23.5 Å². The SMILES string of the molecule is [CH2-]SC[C-]1CS[C-](CS[CH2-])CS1.[U].[U].[W].[W]. The molecule has 0 radical (unpaired) electrons. The summed E-state index contributed by atoms with van der Waals surface area (Å²) >= 11 is 7.33. The van der Waals surface area contributed by atoms with Crippen molar-refractivity contribution < 1.29 is 104 Å². The number of hydrogen-bond acceptors (Lipinski definition) is 4. The molecular weight excluding hydrogens is 1070 g/mol. The molecule has 1 aliphatic heterocycles. The molecule has 16 heavy (non-hydrogen) atoms. The van der Waals surface area contributed by atoms with Gasteiger partial charge in [0.2, 0.25) is 0 Å². The van der Waals surface area contributed by atoms with Crippen molar-refractivity contribution >= 4 is 47.0 Å². The first-order chi connectivity index (χ1) is 5.86. The van der Waals surface area contributed by atoms with Crippen LogP contribution < -0.4 is 0 Å². The van der Waals surface area contributed by atoms with E-state index in [9.17, 15) is 0 Å². The molecular formula is C8H12S4U2W2-4. The van der Waals surface area contributed by atoms with Crippen LogP contribution in [0.3, 0.4) is 0 Å². The third-order valence-corrected chi connectivity index (χ3v) is 5.62. The summed E-state index contributed by atoms with van der Waals surface area (Å²) < 4.78 is 0. The molecule has 0 nitrogen and oxygen atoms in total. The van der Waals surface area contributed by atoms with Gasteiger partial charge in [0.15, 0.2) is 0 Å². The first kappa shape index (κ1) is 29.0. The van der Waals surface area contributed by atoms with Crippen molar-refractivity contribution in [2.75, 3.05) is 23.0 Å². The Hall–Kier alpha value is 4.88. The van der Waals surface area contributed by atoms with Crippen LogP contribution in [0, 0.1) is 85.2 Å². The fraction of sp³-hybridized carbons (Fsp3) is 0.500. The Kier molecular flexibility index (Phi) is 36.0. The van der Waals surface area contributed by atoms with Crippen LogP contribution in [0.25, 0.3) is 0 Å². The van der Waals surface area contributed by atoms with Gasteiger partial charge in [-0.15, -0.1) is 0 Å². The normalized spacial score (nSPS) is 16.1. The molecule has 0 aromatic carbocycles. The maximum atomic E-state index is 3.79. The molecule has 0 saturated carbocycles. The van der Waals surface area contributed by atoms with Gasteiger partial charge in [-0.05, 0) is 0 Å². The molecule has 92 valence electrons. The van der Waals surface area contributed by atoms with Gasteiger partial charge in [-0.1, -0.05) is 0 Å². The largest absolute Gasteiger partial charge is 0.385 e. The van der Waals surface area contributed by atoms with Crippen molar-refractivity contribution in [1.29, 1.82) is 0 Å². The van der Waals surface area contributed by atoms with Gasteiger partial charge in [-0.2, -0.15) is 23.0 Å². The molecule has 0 aromatic heterocycles. The maximum Gasteiger partial charge on any atom is 0 e. The van der Waals surface area contributed by atoms with Crippen molar-refractivity contribution in [3.8, 4) is 0 Å².